The average molecular weight is 290 g/mol. The fraction of sp³-hybridized carbons (Fsp3) is 0.111. The Hall–Kier alpha value is -1.63. The van der Waals surface area contributed by atoms with Gasteiger partial charge < -0.3 is 0 Å². The number of hydrogen-bond donors (Lipinski definition) is 0. The average Bonchev–Trinajstić information content (AvgIpc) is 2.27. The number of rotatable bonds is 4. The monoisotopic (exact) mass is 289 g/mol. The summed E-state index contributed by atoms with van der Waals surface area (Å²) in [6.45, 7) is 0. The zero-order valence-electron chi connectivity index (χ0n) is 7.78. The summed E-state index contributed by atoms with van der Waals surface area (Å²) < 4.78 is 13.6. The molecule has 0 N–H and O–H groups in total. The maximum atomic E-state index is 13.6. The van der Waals surface area contributed by atoms with E-state index in [1.165, 1.54) is 0 Å². The van der Waals surface area contributed by atoms with E-state index in [1.54, 1.807) is 0 Å². The van der Waals surface area contributed by atoms with Gasteiger partial charge in [0.15, 0.2) is 17.9 Å². The van der Waals surface area contributed by atoms with Crippen LogP contribution in [0.25, 0.3) is 0 Å². The highest BCUT2D eigenvalue weighted by Crippen LogP contribution is 2.24. The van der Waals surface area contributed by atoms with Crippen LogP contribution in [0.5, 0.6) is 0 Å². The normalized spacial score (nSPS) is 9.88. The number of benzene rings is 1. The fourth-order valence-electron chi connectivity index (χ4n) is 1.16. The van der Waals surface area contributed by atoms with E-state index in [4.69, 9.17) is 0 Å². The van der Waals surface area contributed by atoms with Gasteiger partial charge in [0.25, 0.3) is 5.69 Å². The lowest BCUT2D eigenvalue weighted by Crippen LogP contribution is -2.10. The van der Waals surface area contributed by atoms with Gasteiger partial charge in [0.05, 0.1) is 15.8 Å². The number of Topliss-reactive ketones (excluding diaryl/α,β-unsaturated/α-hetero) is 1. The van der Waals surface area contributed by atoms with Crippen LogP contribution in [0.15, 0.2) is 12.1 Å². The smallest absolute Gasteiger partial charge is 0.283 e. The van der Waals surface area contributed by atoms with Gasteiger partial charge in [-0.15, -0.1) is 0 Å². The highest BCUT2D eigenvalue weighted by molar-refractivity contribution is 9.09. The number of alkyl halides is 1. The Morgan fingerprint density at radius 1 is 1.56 bits per heavy atom. The molecule has 0 aliphatic rings. The van der Waals surface area contributed by atoms with Crippen LogP contribution in [0, 0.1) is 15.9 Å². The van der Waals surface area contributed by atoms with Crippen molar-refractivity contribution in [2.24, 2.45) is 0 Å². The number of carbonyl (C=O) groups excluding carboxylic acids is 2. The third kappa shape index (κ3) is 2.13. The summed E-state index contributed by atoms with van der Waals surface area (Å²) in [7, 11) is 0. The number of aldehydes is 1. The molecule has 7 heteroatoms. The molecule has 5 nitrogen and oxygen atoms in total. The van der Waals surface area contributed by atoms with Gasteiger partial charge in [-0.05, 0) is 6.07 Å². The maximum Gasteiger partial charge on any atom is 0.283 e. The van der Waals surface area contributed by atoms with Crippen LogP contribution in [-0.4, -0.2) is 22.3 Å². The van der Waals surface area contributed by atoms with Crippen molar-refractivity contribution in [3.05, 3.63) is 39.2 Å². The third-order valence-corrected chi connectivity index (χ3v) is 2.38. The lowest BCUT2D eigenvalue weighted by atomic mass is 10.1. The molecule has 0 aliphatic carbocycles. The number of nitrogens with zero attached hydrogens (tertiary/aromatic N) is 1. The molecule has 0 heterocycles. The minimum Gasteiger partial charge on any atom is -0.298 e. The third-order valence-electron chi connectivity index (χ3n) is 1.87. The predicted octanol–water partition coefficient (Wildman–Crippen LogP) is 2.12. The lowest BCUT2D eigenvalue weighted by Gasteiger charge is -2.03. The van der Waals surface area contributed by atoms with Gasteiger partial charge in [0.1, 0.15) is 5.56 Å². The fourth-order valence-corrected chi connectivity index (χ4v) is 1.44. The first-order valence-electron chi connectivity index (χ1n) is 4.04. The number of nitro groups is 1. The summed E-state index contributed by atoms with van der Waals surface area (Å²) >= 11 is 2.79. The number of ketones is 1. The zero-order valence-corrected chi connectivity index (χ0v) is 9.36. The SMILES string of the molecule is O=Cc1ccc([N+](=O)[O-])c(C(=O)CBr)c1F. The molecule has 0 spiro atoms. The molecule has 0 bridgehead atoms. The van der Waals surface area contributed by atoms with E-state index in [9.17, 15) is 24.1 Å². The van der Waals surface area contributed by atoms with E-state index in [2.05, 4.69) is 15.9 Å². The minimum atomic E-state index is -1.16. The molecule has 0 aromatic heterocycles. The Kier molecular flexibility index (Phi) is 3.83. The molecule has 1 rings (SSSR count). The molecule has 1 aromatic carbocycles. The van der Waals surface area contributed by atoms with Crippen molar-refractivity contribution in [1.29, 1.82) is 0 Å². The largest absolute Gasteiger partial charge is 0.298 e. The van der Waals surface area contributed by atoms with Crippen LogP contribution in [0.4, 0.5) is 10.1 Å². The molecule has 0 radical (unpaired) electrons. The van der Waals surface area contributed by atoms with Crippen molar-refractivity contribution in [2.45, 2.75) is 0 Å². The summed E-state index contributed by atoms with van der Waals surface area (Å²) in [5.41, 5.74) is -1.70. The van der Waals surface area contributed by atoms with Crippen molar-refractivity contribution in [2.75, 3.05) is 5.33 Å². The molecule has 0 fully saturated rings. The van der Waals surface area contributed by atoms with E-state index in [0.29, 0.717) is 0 Å². The van der Waals surface area contributed by atoms with Gasteiger partial charge >= 0.3 is 0 Å². The van der Waals surface area contributed by atoms with Crippen LogP contribution in [0.1, 0.15) is 20.7 Å². The van der Waals surface area contributed by atoms with Crippen LogP contribution in [0.3, 0.4) is 0 Å². The van der Waals surface area contributed by atoms with Crippen molar-refractivity contribution in [3.8, 4) is 0 Å². The Morgan fingerprint density at radius 3 is 2.62 bits per heavy atom. The van der Waals surface area contributed by atoms with Gasteiger partial charge in [-0.25, -0.2) is 4.39 Å². The first-order valence-corrected chi connectivity index (χ1v) is 5.16. The molecule has 0 atom stereocenters. The minimum absolute atomic E-state index is 0.198. The summed E-state index contributed by atoms with van der Waals surface area (Å²) in [5.74, 6) is -1.94. The molecule has 16 heavy (non-hydrogen) atoms. The van der Waals surface area contributed by atoms with Crippen molar-refractivity contribution in [1.82, 2.24) is 0 Å². The Labute approximate surface area is 97.5 Å². The molecular weight excluding hydrogens is 285 g/mol. The van der Waals surface area contributed by atoms with Crippen LogP contribution in [0.2, 0.25) is 0 Å². The van der Waals surface area contributed by atoms with Gasteiger partial charge in [-0.3, -0.25) is 19.7 Å². The molecule has 84 valence electrons. The zero-order chi connectivity index (χ0) is 12.3. The lowest BCUT2D eigenvalue weighted by molar-refractivity contribution is -0.385. The first-order chi connectivity index (χ1) is 7.52. The summed E-state index contributed by atoms with van der Waals surface area (Å²) in [5, 5.41) is 10.3. The van der Waals surface area contributed by atoms with Gasteiger partial charge in [0.2, 0.25) is 0 Å². The van der Waals surface area contributed by atoms with Crippen LogP contribution >= 0.6 is 15.9 Å². The molecule has 0 amide bonds. The highest BCUT2D eigenvalue weighted by Gasteiger charge is 2.25. The van der Waals surface area contributed by atoms with Gasteiger partial charge in [-0.1, -0.05) is 15.9 Å². The van der Waals surface area contributed by atoms with Crippen molar-refractivity contribution < 1.29 is 18.9 Å². The Balaban J connectivity index is 3.54. The second-order valence-electron chi connectivity index (χ2n) is 2.79. The van der Waals surface area contributed by atoms with Crippen LogP contribution < -0.4 is 0 Å². The predicted molar refractivity (Wildman–Crippen MR) is 56.6 cm³/mol. The molecule has 0 unspecified atom stereocenters. The van der Waals surface area contributed by atoms with E-state index >= 15 is 0 Å². The van der Waals surface area contributed by atoms with Gasteiger partial charge in [-0.2, -0.15) is 0 Å². The summed E-state index contributed by atoms with van der Waals surface area (Å²) in [4.78, 5) is 31.5. The number of halogens is 2. The summed E-state index contributed by atoms with van der Waals surface area (Å²) in [6.07, 6.45) is 0.198. The van der Waals surface area contributed by atoms with E-state index in [1.807, 2.05) is 0 Å². The van der Waals surface area contributed by atoms with E-state index in [0.717, 1.165) is 12.1 Å². The number of hydrogen-bond acceptors (Lipinski definition) is 4. The quantitative estimate of drug-likeness (QED) is 0.280. The molecular formula is C9H5BrFNO4. The number of nitro benzene ring substituents is 1. The topological polar surface area (TPSA) is 77.3 Å². The Morgan fingerprint density at radius 2 is 2.19 bits per heavy atom. The van der Waals surface area contributed by atoms with E-state index in [-0.39, 0.29) is 17.2 Å². The first kappa shape index (κ1) is 12.4. The van der Waals surface area contributed by atoms with Crippen molar-refractivity contribution >= 4 is 33.7 Å². The molecule has 0 saturated carbocycles. The van der Waals surface area contributed by atoms with Crippen molar-refractivity contribution in [3.63, 3.8) is 0 Å². The van der Waals surface area contributed by atoms with Gasteiger partial charge in [0, 0.05) is 6.07 Å². The maximum absolute atomic E-state index is 13.6. The number of carbonyl (C=O) groups is 2. The second kappa shape index (κ2) is 4.93. The Bertz CT molecular complexity index is 475. The molecule has 0 aliphatic heterocycles. The molecule has 0 saturated heterocycles. The standard InChI is InChI=1S/C9H5BrFNO4/c10-3-7(14)8-6(12(15)16)2-1-5(4-13)9(8)11/h1-2,4H,3H2. The van der Waals surface area contributed by atoms with Crippen LogP contribution in [-0.2, 0) is 0 Å². The highest BCUT2D eigenvalue weighted by atomic mass is 79.9. The summed E-state index contributed by atoms with van der Waals surface area (Å²) in [6, 6.07) is 1.90. The molecule has 1 aromatic rings. The van der Waals surface area contributed by atoms with E-state index < -0.39 is 27.8 Å². The second-order valence-corrected chi connectivity index (χ2v) is 3.36.